The number of benzene rings is 1. The molecule has 0 saturated heterocycles. The molecule has 0 aromatic heterocycles. The van der Waals surface area contributed by atoms with Gasteiger partial charge in [0.05, 0.1) is 10.6 Å². The number of hydrogen-bond acceptors (Lipinski definition) is 1. The van der Waals surface area contributed by atoms with E-state index in [2.05, 4.69) is 32.2 Å². The quantitative estimate of drug-likeness (QED) is 0.793. The first kappa shape index (κ1) is 15.1. The van der Waals surface area contributed by atoms with Crippen LogP contribution in [0.4, 0.5) is 0 Å². The van der Waals surface area contributed by atoms with Gasteiger partial charge in [0.1, 0.15) is 0 Å². The fraction of sp³-hybridized carbons (Fsp3) is 0.471. The van der Waals surface area contributed by atoms with Crippen molar-refractivity contribution >= 4 is 17.5 Å². The highest BCUT2D eigenvalue weighted by atomic mass is 35.5. The molecule has 1 aliphatic rings. The van der Waals surface area contributed by atoms with Crippen LogP contribution in [0.1, 0.15) is 50.4 Å². The Bertz CT molecular complexity index is 534. The summed E-state index contributed by atoms with van der Waals surface area (Å²) in [6.07, 6.45) is 5.30. The molecule has 1 unspecified atom stereocenters. The second kappa shape index (κ2) is 6.01. The summed E-state index contributed by atoms with van der Waals surface area (Å²) >= 11 is 6.09. The maximum Gasteiger partial charge on any atom is 0.253 e. The number of nitrogens with one attached hydrogen (secondary N) is 1. The van der Waals surface area contributed by atoms with Crippen molar-refractivity contribution in [2.24, 2.45) is 5.41 Å². The fourth-order valence-electron chi connectivity index (χ4n) is 2.59. The summed E-state index contributed by atoms with van der Waals surface area (Å²) in [6.45, 7) is 6.58. The number of halogens is 1. The average molecular weight is 292 g/mol. The van der Waals surface area contributed by atoms with E-state index >= 15 is 0 Å². The number of rotatable bonds is 2. The Hall–Kier alpha value is -1.28. The number of allylic oxidation sites excluding steroid dienone is 2. The molecule has 20 heavy (non-hydrogen) atoms. The van der Waals surface area contributed by atoms with E-state index in [0.717, 1.165) is 19.3 Å². The second-order valence-electron chi connectivity index (χ2n) is 6.29. The van der Waals surface area contributed by atoms with Gasteiger partial charge in [-0.25, -0.2) is 0 Å². The van der Waals surface area contributed by atoms with Gasteiger partial charge in [-0.2, -0.15) is 0 Å². The van der Waals surface area contributed by atoms with Crippen molar-refractivity contribution in [3.8, 4) is 0 Å². The van der Waals surface area contributed by atoms with Crippen LogP contribution in [0.15, 0.2) is 35.9 Å². The van der Waals surface area contributed by atoms with E-state index < -0.39 is 0 Å². The van der Waals surface area contributed by atoms with Gasteiger partial charge in [-0.1, -0.05) is 49.2 Å². The molecule has 0 radical (unpaired) electrons. The van der Waals surface area contributed by atoms with Crippen molar-refractivity contribution in [1.82, 2.24) is 5.32 Å². The Morgan fingerprint density at radius 2 is 2.05 bits per heavy atom. The van der Waals surface area contributed by atoms with Crippen molar-refractivity contribution in [2.45, 2.75) is 46.1 Å². The van der Waals surface area contributed by atoms with Crippen LogP contribution in [0, 0.1) is 5.41 Å². The number of amides is 1. The largest absolute Gasteiger partial charge is 0.349 e. The van der Waals surface area contributed by atoms with Gasteiger partial charge in [0, 0.05) is 6.04 Å². The molecule has 2 rings (SSSR count). The predicted molar refractivity (Wildman–Crippen MR) is 84.1 cm³/mol. The van der Waals surface area contributed by atoms with Gasteiger partial charge >= 0.3 is 0 Å². The molecule has 1 atom stereocenters. The van der Waals surface area contributed by atoms with Crippen molar-refractivity contribution < 1.29 is 4.79 Å². The van der Waals surface area contributed by atoms with Crippen LogP contribution in [0.3, 0.4) is 0 Å². The normalized spacial score (nSPS) is 21.8. The Morgan fingerprint density at radius 3 is 2.75 bits per heavy atom. The van der Waals surface area contributed by atoms with E-state index in [9.17, 15) is 4.79 Å². The number of carbonyl (C=O) groups is 1. The molecule has 1 amide bonds. The van der Waals surface area contributed by atoms with Crippen LogP contribution >= 0.6 is 11.6 Å². The lowest BCUT2D eigenvalue weighted by Crippen LogP contribution is -2.44. The Morgan fingerprint density at radius 1 is 1.35 bits per heavy atom. The summed E-state index contributed by atoms with van der Waals surface area (Å²) in [4.78, 5) is 12.4. The Balaban J connectivity index is 2.13. The standard InChI is InChI=1S/C17H22ClNO/c1-12-8-9-15(17(2,3)11-10-12)19-16(20)13-6-4-5-7-14(13)18/h4-7,10,15H,8-9,11H2,1-3H3,(H,19,20). The monoisotopic (exact) mass is 291 g/mol. The van der Waals surface area contributed by atoms with E-state index in [1.807, 2.05) is 12.1 Å². The molecule has 1 N–H and O–H groups in total. The summed E-state index contributed by atoms with van der Waals surface area (Å²) < 4.78 is 0. The van der Waals surface area contributed by atoms with Crippen LogP contribution in [-0.2, 0) is 0 Å². The van der Waals surface area contributed by atoms with E-state index in [4.69, 9.17) is 11.6 Å². The number of carbonyl (C=O) groups excluding carboxylic acids is 1. The lowest BCUT2D eigenvalue weighted by molar-refractivity contribution is 0.0892. The van der Waals surface area contributed by atoms with E-state index in [0.29, 0.717) is 10.6 Å². The lowest BCUT2D eigenvalue weighted by atomic mass is 9.80. The maximum atomic E-state index is 12.4. The molecule has 0 saturated carbocycles. The molecule has 108 valence electrons. The van der Waals surface area contributed by atoms with Gasteiger partial charge in [-0.15, -0.1) is 0 Å². The number of hydrogen-bond donors (Lipinski definition) is 1. The molecule has 1 aliphatic carbocycles. The van der Waals surface area contributed by atoms with Crippen LogP contribution in [0.5, 0.6) is 0 Å². The SMILES string of the molecule is CC1=CCC(C)(C)C(NC(=O)c2ccccc2Cl)CC1. The molecular weight excluding hydrogens is 270 g/mol. The molecule has 0 fully saturated rings. The minimum absolute atomic E-state index is 0.0642. The summed E-state index contributed by atoms with van der Waals surface area (Å²) in [6, 6.07) is 7.36. The topological polar surface area (TPSA) is 29.1 Å². The summed E-state index contributed by atoms with van der Waals surface area (Å²) in [5, 5.41) is 3.68. The first-order chi connectivity index (χ1) is 9.40. The molecule has 1 aromatic carbocycles. The molecule has 1 aromatic rings. The van der Waals surface area contributed by atoms with E-state index in [1.54, 1.807) is 12.1 Å². The van der Waals surface area contributed by atoms with Crippen LogP contribution in [0.2, 0.25) is 5.02 Å². The second-order valence-corrected chi connectivity index (χ2v) is 6.69. The smallest absolute Gasteiger partial charge is 0.253 e. The van der Waals surface area contributed by atoms with Gasteiger partial charge in [-0.05, 0) is 43.7 Å². The molecule has 0 spiro atoms. The van der Waals surface area contributed by atoms with Crippen molar-refractivity contribution in [3.63, 3.8) is 0 Å². The zero-order valence-electron chi connectivity index (χ0n) is 12.4. The van der Waals surface area contributed by atoms with Crippen LogP contribution in [0.25, 0.3) is 0 Å². The minimum atomic E-state index is -0.0757. The minimum Gasteiger partial charge on any atom is -0.349 e. The van der Waals surface area contributed by atoms with Gasteiger partial charge in [0.2, 0.25) is 0 Å². The Labute approximate surface area is 126 Å². The third-order valence-electron chi connectivity index (χ3n) is 4.17. The Kier molecular flexibility index (Phi) is 4.54. The summed E-state index contributed by atoms with van der Waals surface area (Å²) in [5.41, 5.74) is 2.03. The molecule has 0 bridgehead atoms. The van der Waals surface area contributed by atoms with Gasteiger partial charge < -0.3 is 5.32 Å². The van der Waals surface area contributed by atoms with Crippen molar-refractivity contribution in [2.75, 3.05) is 0 Å². The molecule has 0 heterocycles. The average Bonchev–Trinajstić information content (AvgIpc) is 2.52. The lowest BCUT2D eigenvalue weighted by Gasteiger charge is -2.33. The first-order valence-electron chi connectivity index (χ1n) is 7.11. The molecular formula is C17H22ClNO. The fourth-order valence-corrected chi connectivity index (χ4v) is 2.81. The van der Waals surface area contributed by atoms with Crippen LogP contribution in [-0.4, -0.2) is 11.9 Å². The zero-order valence-corrected chi connectivity index (χ0v) is 13.1. The highest BCUT2D eigenvalue weighted by molar-refractivity contribution is 6.33. The van der Waals surface area contributed by atoms with Gasteiger partial charge in [0.15, 0.2) is 0 Å². The molecule has 3 heteroatoms. The predicted octanol–water partition coefficient (Wildman–Crippen LogP) is 4.59. The van der Waals surface area contributed by atoms with Crippen molar-refractivity contribution in [3.05, 3.63) is 46.5 Å². The van der Waals surface area contributed by atoms with Crippen LogP contribution < -0.4 is 5.32 Å². The third kappa shape index (κ3) is 3.43. The van der Waals surface area contributed by atoms with E-state index in [-0.39, 0.29) is 17.4 Å². The van der Waals surface area contributed by atoms with Crippen molar-refractivity contribution in [1.29, 1.82) is 0 Å². The van der Waals surface area contributed by atoms with Gasteiger partial charge in [-0.3, -0.25) is 4.79 Å². The highest BCUT2D eigenvalue weighted by Gasteiger charge is 2.31. The first-order valence-corrected chi connectivity index (χ1v) is 7.49. The van der Waals surface area contributed by atoms with E-state index in [1.165, 1.54) is 5.57 Å². The zero-order chi connectivity index (χ0) is 14.8. The molecule has 2 nitrogen and oxygen atoms in total. The highest BCUT2D eigenvalue weighted by Crippen LogP contribution is 2.33. The third-order valence-corrected chi connectivity index (χ3v) is 4.50. The maximum absolute atomic E-state index is 12.4. The molecule has 0 aliphatic heterocycles. The van der Waals surface area contributed by atoms with Gasteiger partial charge in [0.25, 0.3) is 5.91 Å². The summed E-state index contributed by atoms with van der Waals surface area (Å²) in [5.74, 6) is -0.0757. The summed E-state index contributed by atoms with van der Waals surface area (Å²) in [7, 11) is 0.